The van der Waals surface area contributed by atoms with Gasteiger partial charge in [-0.15, -0.1) is 0 Å². The third-order valence-corrected chi connectivity index (χ3v) is 7.99. The van der Waals surface area contributed by atoms with Gasteiger partial charge in [0.15, 0.2) is 0 Å². The first-order chi connectivity index (χ1) is 17.4. The molecule has 35 heavy (non-hydrogen) atoms. The SMILES string of the molecule is CCCCCCCCCCCCCCCCCCCCCCCCCCCCCCCCCCF. The van der Waals surface area contributed by atoms with E-state index in [9.17, 15) is 4.39 Å². The van der Waals surface area contributed by atoms with Crippen molar-refractivity contribution in [1.29, 1.82) is 0 Å². The zero-order valence-corrected chi connectivity index (χ0v) is 24.7. The maximum absolute atomic E-state index is 12.0. The molecule has 0 aliphatic heterocycles. The van der Waals surface area contributed by atoms with E-state index in [4.69, 9.17) is 0 Å². The van der Waals surface area contributed by atoms with Crippen LogP contribution in [0.1, 0.15) is 212 Å². The maximum atomic E-state index is 12.0. The van der Waals surface area contributed by atoms with Crippen molar-refractivity contribution in [3.05, 3.63) is 0 Å². The van der Waals surface area contributed by atoms with Crippen molar-refractivity contribution in [3.8, 4) is 0 Å². The summed E-state index contributed by atoms with van der Waals surface area (Å²) in [7, 11) is 0. The van der Waals surface area contributed by atoms with Crippen LogP contribution in [0.5, 0.6) is 0 Å². The highest BCUT2D eigenvalue weighted by Crippen LogP contribution is 2.16. The van der Waals surface area contributed by atoms with Gasteiger partial charge in [0.05, 0.1) is 6.67 Å². The Labute approximate surface area is 223 Å². The molecule has 0 amide bonds. The maximum Gasteiger partial charge on any atom is 0.0894 e. The normalized spacial score (nSPS) is 11.5. The molecule has 0 saturated carbocycles. The van der Waals surface area contributed by atoms with Crippen LogP contribution >= 0.6 is 0 Å². The summed E-state index contributed by atoms with van der Waals surface area (Å²) in [6, 6.07) is 0. The molecular weight excluding hydrogens is 427 g/mol. The Bertz CT molecular complexity index is 307. The van der Waals surface area contributed by atoms with Gasteiger partial charge in [0.1, 0.15) is 0 Å². The molecule has 0 saturated heterocycles. The zero-order chi connectivity index (χ0) is 25.3. The minimum Gasteiger partial charge on any atom is -0.251 e. The predicted octanol–water partition coefficient (Wildman–Crippen LogP) is 13.5. The molecule has 0 atom stereocenters. The Morgan fingerprint density at radius 3 is 0.514 bits per heavy atom. The van der Waals surface area contributed by atoms with E-state index in [1.54, 1.807) is 0 Å². The lowest BCUT2D eigenvalue weighted by Gasteiger charge is -2.04. The molecule has 0 nitrogen and oxygen atoms in total. The van der Waals surface area contributed by atoms with Gasteiger partial charge in [-0.3, -0.25) is 4.39 Å². The second-order valence-electron chi connectivity index (χ2n) is 11.6. The van der Waals surface area contributed by atoms with E-state index in [-0.39, 0.29) is 6.67 Å². The molecule has 0 spiro atoms. The van der Waals surface area contributed by atoms with Crippen LogP contribution in [0.3, 0.4) is 0 Å². The first kappa shape index (κ1) is 34.9. The molecule has 212 valence electrons. The Morgan fingerprint density at radius 2 is 0.371 bits per heavy atom. The molecule has 0 aromatic heterocycles. The van der Waals surface area contributed by atoms with Crippen LogP contribution < -0.4 is 0 Å². The van der Waals surface area contributed by atoms with Gasteiger partial charge in [0, 0.05) is 0 Å². The average molecular weight is 497 g/mol. The molecule has 0 aromatic carbocycles. The number of halogens is 1. The third kappa shape index (κ3) is 33.9. The third-order valence-electron chi connectivity index (χ3n) is 7.99. The summed E-state index contributed by atoms with van der Waals surface area (Å²) in [5.41, 5.74) is 0. The van der Waals surface area contributed by atoms with Gasteiger partial charge in [-0.05, 0) is 6.42 Å². The molecule has 0 rings (SSSR count). The first-order valence-corrected chi connectivity index (χ1v) is 17.0. The summed E-state index contributed by atoms with van der Waals surface area (Å²) >= 11 is 0. The summed E-state index contributed by atoms with van der Waals surface area (Å²) < 4.78 is 12.0. The van der Waals surface area contributed by atoms with Crippen molar-refractivity contribution in [2.24, 2.45) is 0 Å². The molecule has 0 aliphatic rings. The van der Waals surface area contributed by atoms with Gasteiger partial charge >= 0.3 is 0 Å². The fourth-order valence-electron chi connectivity index (χ4n) is 5.47. The Hall–Kier alpha value is -0.0700. The van der Waals surface area contributed by atoms with Crippen LogP contribution in [0.15, 0.2) is 0 Å². The zero-order valence-electron chi connectivity index (χ0n) is 24.7. The summed E-state index contributed by atoms with van der Waals surface area (Å²) in [5.74, 6) is 0. The van der Waals surface area contributed by atoms with Crippen LogP contribution in [0.25, 0.3) is 0 Å². The monoisotopic (exact) mass is 497 g/mol. The van der Waals surface area contributed by atoms with Crippen molar-refractivity contribution >= 4 is 0 Å². The van der Waals surface area contributed by atoms with E-state index in [2.05, 4.69) is 6.92 Å². The fourth-order valence-corrected chi connectivity index (χ4v) is 5.47. The van der Waals surface area contributed by atoms with Crippen molar-refractivity contribution in [1.82, 2.24) is 0 Å². The molecule has 0 bridgehead atoms. The molecule has 0 fully saturated rings. The van der Waals surface area contributed by atoms with Crippen molar-refractivity contribution in [3.63, 3.8) is 0 Å². The molecule has 0 aromatic rings. The number of hydrogen-bond acceptors (Lipinski definition) is 0. The highest BCUT2D eigenvalue weighted by atomic mass is 19.1. The molecule has 0 aliphatic carbocycles. The minimum absolute atomic E-state index is 0.125. The van der Waals surface area contributed by atoms with Gasteiger partial charge in [-0.25, -0.2) is 0 Å². The van der Waals surface area contributed by atoms with E-state index in [0.29, 0.717) is 0 Å². The number of rotatable bonds is 32. The minimum atomic E-state index is -0.125. The summed E-state index contributed by atoms with van der Waals surface area (Å²) in [6.45, 7) is 2.18. The van der Waals surface area contributed by atoms with E-state index >= 15 is 0 Å². The van der Waals surface area contributed by atoms with Crippen molar-refractivity contribution in [2.45, 2.75) is 212 Å². The first-order valence-electron chi connectivity index (χ1n) is 17.0. The predicted molar refractivity (Wildman–Crippen MR) is 159 cm³/mol. The average Bonchev–Trinajstić information content (AvgIpc) is 2.87. The van der Waals surface area contributed by atoms with Gasteiger partial charge in [0.2, 0.25) is 0 Å². The van der Waals surface area contributed by atoms with E-state index in [1.807, 2.05) is 0 Å². The summed E-state index contributed by atoms with van der Waals surface area (Å²) in [4.78, 5) is 0. The van der Waals surface area contributed by atoms with Crippen LogP contribution in [-0.2, 0) is 0 Å². The molecule has 0 radical (unpaired) electrons. The summed E-state index contributed by atoms with van der Waals surface area (Å²) in [5, 5.41) is 0. The second kappa shape index (κ2) is 33.9. The van der Waals surface area contributed by atoms with Gasteiger partial charge in [-0.2, -0.15) is 0 Å². The highest BCUT2D eigenvalue weighted by molar-refractivity contribution is 4.52. The lowest BCUT2D eigenvalue weighted by Crippen LogP contribution is -1.85. The van der Waals surface area contributed by atoms with Crippen LogP contribution in [0.4, 0.5) is 4.39 Å². The Balaban J connectivity index is 3.00. The van der Waals surface area contributed by atoms with Gasteiger partial charge in [-0.1, -0.05) is 206 Å². The van der Waals surface area contributed by atoms with E-state index in [1.165, 1.54) is 193 Å². The number of alkyl halides is 1. The largest absolute Gasteiger partial charge is 0.251 e. The van der Waals surface area contributed by atoms with Gasteiger partial charge in [0.25, 0.3) is 0 Å². The topological polar surface area (TPSA) is 0 Å². The molecular formula is C34H69F. The molecule has 0 unspecified atom stereocenters. The standard InChI is InChI=1S/C34H69F/c1-2-3-4-5-6-7-8-9-10-11-12-13-14-15-16-17-18-19-20-21-22-23-24-25-26-27-28-29-30-31-32-33-34-35/h2-34H2,1H3. The highest BCUT2D eigenvalue weighted by Gasteiger charge is 1.97. The lowest BCUT2D eigenvalue weighted by atomic mass is 10.0. The Kier molecular flexibility index (Phi) is 33.9. The Morgan fingerprint density at radius 1 is 0.229 bits per heavy atom. The van der Waals surface area contributed by atoms with Crippen LogP contribution in [-0.4, -0.2) is 6.67 Å². The molecule has 1 heteroatoms. The summed E-state index contributed by atoms with van der Waals surface area (Å²) in [6.07, 6.45) is 45.3. The van der Waals surface area contributed by atoms with Gasteiger partial charge < -0.3 is 0 Å². The fraction of sp³-hybridized carbons (Fsp3) is 1.00. The van der Waals surface area contributed by atoms with Crippen LogP contribution in [0.2, 0.25) is 0 Å². The smallest absolute Gasteiger partial charge is 0.0894 e. The molecule has 0 N–H and O–H groups in total. The van der Waals surface area contributed by atoms with E-state index in [0.717, 1.165) is 12.8 Å². The van der Waals surface area contributed by atoms with E-state index < -0.39 is 0 Å². The number of unbranched alkanes of at least 4 members (excludes halogenated alkanes) is 31. The quantitative estimate of drug-likeness (QED) is 0.0812. The van der Waals surface area contributed by atoms with Crippen molar-refractivity contribution < 1.29 is 4.39 Å². The number of hydrogen-bond donors (Lipinski definition) is 0. The van der Waals surface area contributed by atoms with Crippen LogP contribution in [0, 0.1) is 0 Å². The lowest BCUT2D eigenvalue weighted by molar-refractivity contribution is 0.448. The molecule has 0 heterocycles. The van der Waals surface area contributed by atoms with Crippen molar-refractivity contribution in [2.75, 3.05) is 6.67 Å². The second-order valence-corrected chi connectivity index (χ2v) is 11.6.